The van der Waals surface area contributed by atoms with E-state index in [9.17, 15) is 9.59 Å². The third-order valence-corrected chi connectivity index (χ3v) is 5.56. The van der Waals surface area contributed by atoms with Crippen LogP contribution in [0.2, 0.25) is 0 Å². The molecule has 0 radical (unpaired) electrons. The van der Waals surface area contributed by atoms with E-state index >= 15 is 0 Å². The molecular weight excluding hydrogens is 414 g/mol. The monoisotopic (exact) mass is 431 g/mol. The zero-order valence-electron chi connectivity index (χ0n) is 14.2. The summed E-state index contributed by atoms with van der Waals surface area (Å²) in [4.78, 5) is 31.3. The van der Waals surface area contributed by atoms with Gasteiger partial charge in [0.2, 0.25) is 11.8 Å². The van der Waals surface area contributed by atoms with Crippen molar-refractivity contribution >= 4 is 56.0 Å². The van der Waals surface area contributed by atoms with Gasteiger partial charge in [-0.25, -0.2) is 4.99 Å². The number of rotatable bonds is 4. The molecule has 1 N–H and O–H groups in total. The van der Waals surface area contributed by atoms with Crippen LogP contribution in [0.4, 0.5) is 11.4 Å². The fourth-order valence-electron chi connectivity index (χ4n) is 2.52. The van der Waals surface area contributed by atoms with Crippen LogP contribution in [0.3, 0.4) is 0 Å². The summed E-state index contributed by atoms with van der Waals surface area (Å²) in [7, 11) is 0. The Morgan fingerprint density at radius 2 is 1.92 bits per heavy atom. The molecule has 2 aromatic carbocycles. The quantitative estimate of drug-likeness (QED) is 0.778. The largest absolute Gasteiger partial charge is 0.325 e. The van der Waals surface area contributed by atoms with Crippen LogP contribution in [-0.2, 0) is 9.59 Å². The SMILES string of the molecule is CCN1C(=O)CC(C(=O)Nc2ccc(Br)cc2)SC1=Nc1ccccc1. The Bertz CT molecular complexity index is 824. The number of anilines is 1. The van der Waals surface area contributed by atoms with Crippen LogP contribution in [-0.4, -0.2) is 33.7 Å². The fourth-order valence-corrected chi connectivity index (χ4v) is 3.95. The molecule has 1 saturated heterocycles. The van der Waals surface area contributed by atoms with Gasteiger partial charge in [0.25, 0.3) is 0 Å². The molecule has 2 aromatic rings. The smallest absolute Gasteiger partial charge is 0.238 e. The summed E-state index contributed by atoms with van der Waals surface area (Å²) in [5.74, 6) is -0.279. The number of hydrogen-bond donors (Lipinski definition) is 1. The summed E-state index contributed by atoms with van der Waals surface area (Å²) in [6.07, 6.45) is 0.161. The van der Waals surface area contributed by atoms with Gasteiger partial charge in [0, 0.05) is 23.1 Å². The molecule has 0 saturated carbocycles. The van der Waals surface area contributed by atoms with E-state index in [0.717, 1.165) is 10.2 Å². The third kappa shape index (κ3) is 4.53. The maximum Gasteiger partial charge on any atom is 0.238 e. The van der Waals surface area contributed by atoms with Crippen LogP contribution in [0, 0.1) is 0 Å². The number of halogens is 1. The van der Waals surface area contributed by atoms with E-state index in [1.54, 1.807) is 4.90 Å². The molecule has 0 spiro atoms. The van der Waals surface area contributed by atoms with Gasteiger partial charge in [0.1, 0.15) is 5.25 Å². The van der Waals surface area contributed by atoms with E-state index in [0.29, 0.717) is 17.4 Å². The number of nitrogens with one attached hydrogen (secondary N) is 1. The topological polar surface area (TPSA) is 61.8 Å². The highest BCUT2D eigenvalue weighted by Gasteiger charge is 2.35. The Labute approximate surface area is 165 Å². The molecule has 3 rings (SSSR count). The molecule has 0 bridgehead atoms. The standard InChI is InChI=1S/C19H18BrN3O2S/c1-2-23-17(24)12-16(18(25)21-15-10-8-13(20)9-11-15)26-19(23)22-14-6-4-3-5-7-14/h3-11,16H,2,12H2,1H3,(H,21,25). The first kappa shape index (κ1) is 18.7. The minimum atomic E-state index is -0.503. The second-order valence-corrected chi connectivity index (χ2v) is 7.76. The highest BCUT2D eigenvalue weighted by molar-refractivity contribution is 9.10. The number of para-hydroxylation sites is 1. The molecule has 1 fully saturated rings. The molecule has 26 heavy (non-hydrogen) atoms. The molecular formula is C19H18BrN3O2S. The van der Waals surface area contributed by atoms with E-state index in [4.69, 9.17) is 0 Å². The summed E-state index contributed by atoms with van der Waals surface area (Å²) in [5.41, 5.74) is 1.46. The van der Waals surface area contributed by atoms with Crippen LogP contribution < -0.4 is 5.32 Å². The van der Waals surface area contributed by atoms with E-state index < -0.39 is 5.25 Å². The maximum atomic E-state index is 12.6. The second kappa shape index (κ2) is 8.51. The minimum absolute atomic E-state index is 0.0862. The minimum Gasteiger partial charge on any atom is -0.325 e. The lowest BCUT2D eigenvalue weighted by molar-refractivity contribution is -0.129. The van der Waals surface area contributed by atoms with Crippen molar-refractivity contribution < 1.29 is 9.59 Å². The first-order valence-corrected chi connectivity index (χ1v) is 9.91. The van der Waals surface area contributed by atoms with Gasteiger partial charge in [-0.2, -0.15) is 0 Å². The van der Waals surface area contributed by atoms with Gasteiger partial charge in [-0.05, 0) is 43.3 Å². The van der Waals surface area contributed by atoms with Gasteiger partial charge >= 0.3 is 0 Å². The van der Waals surface area contributed by atoms with Crippen LogP contribution in [0.1, 0.15) is 13.3 Å². The average Bonchev–Trinajstić information content (AvgIpc) is 2.64. The van der Waals surface area contributed by atoms with Gasteiger partial charge in [-0.3, -0.25) is 14.5 Å². The number of thioether (sulfide) groups is 1. The summed E-state index contributed by atoms with van der Waals surface area (Å²) >= 11 is 4.69. The van der Waals surface area contributed by atoms with Gasteiger partial charge in [0.05, 0.1) is 5.69 Å². The first-order valence-electron chi connectivity index (χ1n) is 8.24. The Balaban J connectivity index is 1.78. The zero-order valence-corrected chi connectivity index (χ0v) is 16.6. The number of benzene rings is 2. The molecule has 1 aliphatic rings. The van der Waals surface area contributed by atoms with Gasteiger partial charge in [0.15, 0.2) is 5.17 Å². The zero-order chi connectivity index (χ0) is 18.5. The number of amidine groups is 1. The highest BCUT2D eigenvalue weighted by Crippen LogP contribution is 2.29. The van der Waals surface area contributed by atoms with Crippen LogP contribution in [0.5, 0.6) is 0 Å². The van der Waals surface area contributed by atoms with Gasteiger partial charge < -0.3 is 5.32 Å². The fraction of sp³-hybridized carbons (Fsp3) is 0.211. The van der Waals surface area contributed by atoms with Crippen LogP contribution in [0.15, 0.2) is 64.1 Å². The molecule has 1 atom stereocenters. The second-order valence-electron chi connectivity index (χ2n) is 5.67. The predicted molar refractivity (Wildman–Crippen MR) is 110 cm³/mol. The molecule has 1 heterocycles. The molecule has 5 nitrogen and oxygen atoms in total. The average molecular weight is 432 g/mol. The lowest BCUT2D eigenvalue weighted by Gasteiger charge is -2.30. The predicted octanol–water partition coefficient (Wildman–Crippen LogP) is 4.43. The van der Waals surface area contributed by atoms with Crippen molar-refractivity contribution in [1.82, 2.24) is 4.90 Å². The van der Waals surface area contributed by atoms with E-state index in [1.165, 1.54) is 11.8 Å². The highest BCUT2D eigenvalue weighted by atomic mass is 79.9. The first-order chi connectivity index (χ1) is 12.6. The number of carbonyl (C=O) groups excluding carboxylic acids is 2. The number of amides is 2. The normalized spacial score (nSPS) is 18.8. The maximum absolute atomic E-state index is 12.6. The molecule has 2 amide bonds. The Morgan fingerprint density at radius 3 is 2.58 bits per heavy atom. The number of nitrogens with zero attached hydrogens (tertiary/aromatic N) is 2. The van der Waals surface area contributed by atoms with E-state index in [-0.39, 0.29) is 18.2 Å². The number of aliphatic imine (C=N–C) groups is 1. The lowest BCUT2D eigenvalue weighted by atomic mass is 10.2. The Hall–Kier alpha value is -2.12. The molecule has 0 aromatic heterocycles. The van der Waals surface area contributed by atoms with Gasteiger partial charge in [-0.1, -0.05) is 45.9 Å². The summed E-state index contributed by atoms with van der Waals surface area (Å²) in [5, 5.41) is 2.93. The van der Waals surface area contributed by atoms with Crippen molar-refractivity contribution in [3.63, 3.8) is 0 Å². The van der Waals surface area contributed by atoms with Crippen molar-refractivity contribution in [2.45, 2.75) is 18.6 Å². The number of hydrogen-bond acceptors (Lipinski definition) is 4. The van der Waals surface area contributed by atoms with Crippen molar-refractivity contribution in [3.8, 4) is 0 Å². The summed E-state index contributed by atoms with van der Waals surface area (Å²) < 4.78 is 0.939. The van der Waals surface area contributed by atoms with Crippen molar-refractivity contribution in [2.75, 3.05) is 11.9 Å². The molecule has 0 aliphatic carbocycles. The molecule has 1 aliphatic heterocycles. The molecule has 7 heteroatoms. The number of carbonyl (C=O) groups is 2. The summed E-state index contributed by atoms with van der Waals surface area (Å²) in [6.45, 7) is 2.43. The van der Waals surface area contributed by atoms with Crippen LogP contribution >= 0.6 is 27.7 Å². The summed E-state index contributed by atoms with van der Waals surface area (Å²) in [6, 6.07) is 16.8. The van der Waals surface area contributed by atoms with E-state index in [2.05, 4.69) is 26.2 Å². The van der Waals surface area contributed by atoms with Crippen molar-refractivity contribution in [1.29, 1.82) is 0 Å². The Morgan fingerprint density at radius 1 is 1.23 bits per heavy atom. The third-order valence-electron chi connectivity index (χ3n) is 3.84. The van der Waals surface area contributed by atoms with Crippen LogP contribution in [0.25, 0.3) is 0 Å². The van der Waals surface area contributed by atoms with Gasteiger partial charge in [-0.15, -0.1) is 0 Å². The van der Waals surface area contributed by atoms with Crippen molar-refractivity contribution in [3.05, 3.63) is 59.1 Å². The molecule has 1 unspecified atom stereocenters. The lowest BCUT2D eigenvalue weighted by Crippen LogP contribution is -2.45. The van der Waals surface area contributed by atoms with Crippen molar-refractivity contribution in [2.24, 2.45) is 4.99 Å². The Kier molecular flexibility index (Phi) is 6.11. The van der Waals surface area contributed by atoms with E-state index in [1.807, 2.05) is 61.5 Å². The molecule has 134 valence electrons.